The Hall–Kier alpha value is -3.48. The van der Waals surface area contributed by atoms with E-state index in [-0.39, 0.29) is 12.2 Å². The zero-order valence-corrected chi connectivity index (χ0v) is 13.4. The van der Waals surface area contributed by atoms with Crippen LogP contribution in [0.5, 0.6) is 5.75 Å². The molecule has 0 radical (unpaired) electrons. The van der Waals surface area contributed by atoms with Crippen LogP contribution in [0.25, 0.3) is 16.7 Å². The van der Waals surface area contributed by atoms with Gasteiger partial charge in [0.25, 0.3) is 0 Å². The summed E-state index contributed by atoms with van der Waals surface area (Å²) >= 11 is 0. The molecule has 25 heavy (non-hydrogen) atoms. The number of para-hydroxylation sites is 1. The largest absolute Gasteiger partial charge is 0.485 e. The summed E-state index contributed by atoms with van der Waals surface area (Å²) in [6.07, 6.45) is 0. The molecule has 4 aromatic rings. The minimum atomic E-state index is -0.379. The fraction of sp³-hybridized carbons (Fsp3) is 0.111. The molecule has 2 heterocycles. The molecule has 7 nitrogen and oxygen atoms in total. The topological polar surface area (TPSA) is 83.0 Å². The highest BCUT2D eigenvalue weighted by Gasteiger charge is 2.10. The summed E-state index contributed by atoms with van der Waals surface area (Å²) in [4.78, 5) is 11.5. The second-order valence-electron chi connectivity index (χ2n) is 5.54. The summed E-state index contributed by atoms with van der Waals surface area (Å²) in [5, 5.41) is 12.6. The molecule has 2 aromatic heterocycles. The average molecular weight is 334 g/mol. The molecule has 0 amide bonds. The van der Waals surface area contributed by atoms with E-state index < -0.39 is 0 Å². The molecule has 4 rings (SSSR count). The molecule has 0 atom stereocenters. The van der Waals surface area contributed by atoms with Crippen molar-refractivity contribution in [3.63, 3.8) is 0 Å². The third-order valence-electron chi connectivity index (χ3n) is 3.83. The van der Waals surface area contributed by atoms with E-state index in [1.54, 1.807) is 10.7 Å². The van der Waals surface area contributed by atoms with Crippen LogP contribution in [0, 0.1) is 6.92 Å². The number of hydrogen-bond acceptors (Lipinski definition) is 6. The van der Waals surface area contributed by atoms with Gasteiger partial charge in [-0.05, 0) is 47.2 Å². The molecule has 2 aromatic carbocycles. The third-order valence-corrected chi connectivity index (χ3v) is 3.83. The van der Waals surface area contributed by atoms with E-state index in [2.05, 4.69) is 15.5 Å². The number of rotatable bonds is 4. The van der Waals surface area contributed by atoms with Gasteiger partial charge in [-0.2, -0.15) is 4.68 Å². The summed E-state index contributed by atoms with van der Waals surface area (Å²) in [5.74, 6) is 1.14. The van der Waals surface area contributed by atoms with Crippen molar-refractivity contribution in [3.05, 3.63) is 76.4 Å². The molecule has 0 N–H and O–H groups in total. The number of benzene rings is 2. The summed E-state index contributed by atoms with van der Waals surface area (Å²) in [6, 6.07) is 16.4. The predicted molar refractivity (Wildman–Crippen MR) is 90.7 cm³/mol. The fourth-order valence-corrected chi connectivity index (χ4v) is 2.61. The summed E-state index contributed by atoms with van der Waals surface area (Å²) < 4.78 is 12.6. The minimum Gasteiger partial charge on any atom is -0.485 e. The van der Waals surface area contributed by atoms with Gasteiger partial charge in [-0.1, -0.05) is 18.2 Å². The van der Waals surface area contributed by atoms with Gasteiger partial charge in [-0.3, -0.25) is 0 Å². The van der Waals surface area contributed by atoms with Crippen LogP contribution in [0.2, 0.25) is 0 Å². The Bertz CT molecular complexity index is 1090. The van der Waals surface area contributed by atoms with Crippen LogP contribution in [-0.4, -0.2) is 20.2 Å². The minimum absolute atomic E-state index is 0.184. The van der Waals surface area contributed by atoms with Crippen molar-refractivity contribution in [1.82, 2.24) is 20.2 Å². The van der Waals surface area contributed by atoms with Crippen LogP contribution in [-0.2, 0) is 6.61 Å². The van der Waals surface area contributed by atoms with Gasteiger partial charge in [0.15, 0.2) is 5.82 Å². The van der Waals surface area contributed by atoms with Crippen molar-refractivity contribution in [2.75, 3.05) is 0 Å². The molecule has 0 aliphatic heterocycles. The first-order valence-corrected chi connectivity index (χ1v) is 7.71. The molecule has 124 valence electrons. The number of ether oxygens (including phenoxy) is 1. The van der Waals surface area contributed by atoms with E-state index in [1.165, 1.54) is 6.07 Å². The first-order valence-electron chi connectivity index (χ1n) is 7.71. The monoisotopic (exact) mass is 334 g/mol. The maximum absolute atomic E-state index is 11.5. The smallest absolute Gasteiger partial charge is 0.336 e. The Morgan fingerprint density at radius 3 is 2.80 bits per heavy atom. The van der Waals surface area contributed by atoms with Gasteiger partial charge in [0.1, 0.15) is 17.9 Å². The molecule has 0 unspecified atom stereocenters. The standard InChI is InChI=1S/C18H14N4O3/c1-12-9-18(23)25-16-10-14(7-8-15(12)16)24-11-17-19-20-21-22(17)13-5-3-2-4-6-13/h2-10H,11H2,1H3. The van der Waals surface area contributed by atoms with Crippen molar-refractivity contribution in [2.24, 2.45) is 0 Å². The van der Waals surface area contributed by atoms with Crippen molar-refractivity contribution in [3.8, 4) is 11.4 Å². The number of hydrogen-bond donors (Lipinski definition) is 0. The Morgan fingerprint density at radius 1 is 1.12 bits per heavy atom. The van der Waals surface area contributed by atoms with Gasteiger partial charge in [-0.25, -0.2) is 4.79 Å². The zero-order valence-electron chi connectivity index (χ0n) is 13.4. The lowest BCUT2D eigenvalue weighted by molar-refractivity contribution is 0.292. The lowest BCUT2D eigenvalue weighted by atomic mass is 10.1. The summed E-state index contributed by atoms with van der Waals surface area (Å²) in [5.41, 5.74) is 1.83. The van der Waals surface area contributed by atoms with Gasteiger partial charge in [0.05, 0.1) is 5.69 Å². The second kappa shape index (κ2) is 6.20. The predicted octanol–water partition coefficient (Wildman–Crippen LogP) is 2.66. The first kappa shape index (κ1) is 15.1. The van der Waals surface area contributed by atoms with Crippen LogP contribution in [0.15, 0.2) is 63.8 Å². The Kier molecular flexibility index (Phi) is 3.74. The molecular weight excluding hydrogens is 320 g/mol. The fourth-order valence-electron chi connectivity index (χ4n) is 2.61. The number of tetrazole rings is 1. The number of aryl methyl sites for hydroxylation is 1. The Morgan fingerprint density at radius 2 is 1.96 bits per heavy atom. The lowest BCUT2D eigenvalue weighted by Gasteiger charge is -2.08. The van der Waals surface area contributed by atoms with Crippen molar-refractivity contribution in [1.29, 1.82) is 0 Å². The molecule has 0 saturated carbocycles. The number of fused-ring (bicyclic) bond motifs is 1. The highest BCUT2D eigenvalue weighted by atomic mass is 16.5. The van der Waals surface area contributed by atoms with Crippen LogP contribution in [0.1, 0.15) is 11.4 Å². The molecule has 0 aliphatic carbocycles. The maximum atomic E-state index is 11.5. The summed E-state index contributed by atoms with van der Waals surface area (Å²) in [7, 11) is 0. The molecule has 0 saturated heterocycles. The van der Waals surface area contributed by atoms with Gasteiger partial charge in [0.2, 0.25) is 0 Å². The SMILES string of the molecule is Cc1cc(=O)oc2cc(OCc3nnnn3-c3ccccc3)ccc12. The molecule has 0 aliphatic rings. The normalized spacial score (nSPS) is 10.9. The van der Waals surface area contributed by atoms with E-state index in [9.17, 15) is 4.79 Å². The maximum Gasteiger partial charge on any atom is 0.336 e. The lowest BCUT2D eigenvalue weighted by Crippen LogP contribution is -2.07. The quantitative estimate of drug-likeness (QED) is 0.534. The van der Waals surface area contributed by atoms with Crippen molar-refractivity contribution >= 4 is 11.0 Å². The summed E-state index contributed by atoms with van der Waals surface area (Å²) in [6.45, 7) is 2.05. The van der Waals surface area contributed by atoms with Crippen LogP contribution in [0.4, 0.5) is 0 Å². The van der Waals surface area contributed by atoms with E-state index in [0.29, 0.717) is 17.2 Å². The Balaban J connectivity index is 1.59. The van der Waals surface area contributed by atoms with E-state index in [1.807, 2.05) is 49.4 Å². The van der Waals surface area contributed by atoms with Crippen molar-refractivity contribution < 1.29 is 9.15 Å². The molecular formula is C18H14N4O3. The zero-order chi connectivity index (χ0) is 17.2. The van der Waals surface area contributed by atoms with E-state index in [0.717, 1.165) is 16.6 Å². The molecule has 7 heteroatoms. The number of aromatic nitrogens is 4. The highest BCUT2D eigenvalue weighted by Crippen LogP contribution is 2.22. The molecule has 0 bridgehead atoms. The highest BCUT2D eigenvalue weighted by molar-refractivity contribution is 5.81. The van der Waals surface area contributed by atoms with Crippen LogP contribution >= 0.6 is 0 Å². The van der Waals surface area contributed by atoms with Crippen LogP contribution < -0.4 is 10.4 Å². The van der Waals surface area contributed by atoms with E-state index >= 15 is 0 Å². The average Bonchev–Trinajstić information content (AvgIpc) is 3.09. The number of nitrogens with zero attached hydrogens (tertiary/aromatic N) is 4. The molecule has 0 fully saturated rings. The van der Waals surface area contributed by atoms with Crippen LogP contribution in [0.3, 0.4) is 0 Å². The first-order chi connectivity index (χ1) is 12.2. The van der Waals surface area contributed by atoms with E-state index in [4.69, 9.17) is 9.15 Å². The van der Waals surface area contributed by atoms with Gasteiger partial charge >= 0.3 is 5.63 Å². The second-order valence-corrected chi connectivity index (χ2v) is 5.54. The van der Waals surface area contributed by atoms with Gasteiger partial charge < -0.3 is 9.15 Å². The Labute approximate surface area is 142 Å². The molecule has 0 spiro atoms. The van der Waals surface area contributed by atoms with Crippen molar-refractivity contribution in [2.45, 2.75) is 13.5 Å². The third kappa shape index (κ3) is 2.99. The van der Waals surface area contributed by atoms with Gasteiger partial charge in [-0.15, -0.1) is 5.10 Å². The van der Waals surface area contributed by atoms with Gasteiger partial charge in [0, 0.05) is 17.5 Å².